The van der Waals surface area contributed by atoms with E-state index in [0.717, 1.165) is 5.69 Å². The molecule has 7 nitrogen and oxygen atoms in total. The summed E-state index contributed by atoms with van der Waals surface area (Å²) in [5, 5.41) is 0. The molecule has 30 heavy (non-hydrogen) atoms. The Kier molecular flexibility index (Phi) is 5.66. The van der Waals surface area contributed by atoms with Gasteiger partial charge in [-0.15, -0.1) is 11.8 Å². The van der Waals surface area contributed by atoms with Gasteiger partial charge in [0.2, 0.25) is 0 Å². The van der Waals surface area contributed by atoms with E-state index in [-0.39, 0.29) is 10.8 Å². The number of carbonyl (C=O) groups is 1. The highest BCUT2D eigenvalue weighted by molar-refractivity contribution is 7.98. The topological polar surface area (TPSA) is 70.2 Å². The summed E-state index contributed by atoms with van der Waals surface area (Å²) in [6.07, 6.45) is 3.64. The van der Waals surface area contributed by atoms with Crippen molar-refractivity contribution in [3.8, 4) is 0 Å². The lowest BCUT2D eigenvalue weighted by Gasteiger charge is -2.36. The quantitative estimate of drug-likeness (QED) is 0.637. The van der Waals surface area contributed by atoms with Gasteiger partial charge in [0.25, 0.3) is 15.9 Å². The predicted molar refractivity (Wildman–Crippen MR) is 121 cm³/mol. The van der Waals surface area contributed by atoms with Gasteiger partial charge in [0.1, 0.15) is 5.94 Å². The van der Waals surface area contributed by atoms with E-state index in [1.54, 1.807) is 35.2 Å². The Balaban J connectivity index is 1.56. The van der Waals surface area contributed by atoms with Crippen molar-refractivity contribution in [1.82, 2.24) is 0 Å². The number of anilines is 3. The van der Waals surface area contributed by atoms with Gasteiger partial charge in [-0.25, -0.2) is 8.42 Å². The minimum Gasteiger partial charge on any atom is -0.477 e. The summed E-state index contributed by atoms with van der Waals surface area (Å²) in [4.78, 5) is 16.3. The first kappa shape index (κ1) is 20.6. The molecule has 0 bridgehead atoms. The fraction of sp³-hybridized carbons (Fsp3) is 0.286. The number of rotatable bonds is 6. The molecule has 158 valence electrons. The minimum absolute atomic E-state index is 0.198. The van der Waals surface area contributed by atoms with Crippen molar-refractivity contribution in [2.45, 2.75) is 4.90 Å². The number of hydrogen-bond donors (Lipinski definition) is 0. The number of para-hydroxylation sites is 2. The van der Waals surface area contributed by atoms with E-state index in [1.165, 1.54) is 16.1 Å². The molecule has 0 saturated carbocycles. The number of ether oxygens (including phenoxy) is 1. The highest BCUT2D eigenvalue weighted by Crippen LogP contribution is 2.36. The van der Waals surface area contributed by atoms with Crippen LogP contribution in [0.2, 0.25) is 0 Å². The number of sulfonamides is 1. The van der Waals surface area contributed by atoms with Crippen molar-refractivity contribution in [2.24, 2.45) is 0 Å². The lowest BCUT2D eigenvalue weighted by Crippen LogP contribution is -2.42. The van der Waals surface area contributed by atoms with Crippen LogP contribution in [-0.4, -0.2) is 53.2 Å². The molecule has 2 aromatic rings. The van der Waals surface area contributed by atoms with Gasteiger partial charge in [0.15, 0.2) is 5.76 Å². The fourth-order valence-corrected chi connectivity index (χ4v) is 5.31. The van der Waals surface area contributed by atoms with Crippen LogP contribution in [0.5, 0.6) is 0 Å². The number of fused-ring (bicyclic) bond motifs is 1. The van der Waals surface area contributed by atoms with E-state index >= 15 is 0 Å². The molecule has 0 aromatic heterocycles. The van der Waals surface area contributed by atoms with Crippen molar-refractivity contribution < 1.29 is 17.9 Å². The van der Waals surface area contributed by atoms with E-state index in [1.807, 2.05) is 42.5 Å². The molecule has 2 aliphatic heterocycles. The Morgan fingerprint density at radius 2 is 1.73 bits per heavy atom. The molecule has 0 radical (unpaired) electrons. The van der Waals surface area contributed by atoms with Crippen LogP contribution < -0.4 is 14.1 Å². The first-order valence-electron chi connectivity index (χ1n) is 9.50. The Morgan fingerprint density at radius 3 is 2.43 bits per heavy atom. The van der Waals surface area contributed by atoms with Gasteiger partial charge < -0.3 is 14.5 Å². The summed E-state index contributed by atoms with van der Waals surface area (Å²) in [6, 6.07) is 13.9. The number of benzene rings is 2. The van der Waals surface area contributed by atoms with Crippen LogP contribution in [0.1, 0.15) is 0 Å². The monoisotopic (exact) mass is 445 g/mol. The fourth-order valence-electron chi connectivity index (χ4n) is 3.60. The van der Waals surface area contributed by atoms with E-state index in [4.69, 9.17) is 4.74 Å². The molecule has 0 atom stereocenters. The van der Waals surface area contributed by atoms with Crippen LogP contribution in [0.4, 0.5) is 17.1 Å². The van der Waals surface area contributed by atoms with Crippen LogP contribution in [-0.2, 0) is 19.6 Å². The average molecular weight is 446 g/mol. The Hall–Kier alpha value is -2.65. The van der Waals surface area contributed by atoms with Crippen LogP contribution in [0.25, 0.3) is 0 Å². The van der Waals surface area contributed by atoms with Crippen LogP contribution >= 0.6 is 11.8 Å². The summed E-state index contributed by atoms with van der Waals surface area (Å²) >= 11 is 1.49. The highest BCUT2D eigenvalue weighted by atomic mass is 32.2. The van der Waals surface area contributed by atoms with Gasteiger partial charge in [-0.2, -0.15) is 0 Å². The molecule has 0 spiro atoms. The summed E-state index contributed by atoms with van der Waals surface area (Å²) in [5.41, 5.74) is 2.19. The third kappa shape index (κ3) is 3.63. The SMILES string of the molecule is CSCOC1=CCN(c2ccc(S(=O)(=O)N3CCN(C)c4ccccc43)cc2)C1=O. The van der Waals surface area contributed by atoms with Gasteiger partial charge >= 0.3 is 0 Å². The Labute approximate surface area is 181 Å². The maximum atomic E-state index is 13.3. The van der Waals surface area contributed by atoms with E-state index in [0.29, 0.717) is 42.7 Å². The second-order valence-corrected chi connectivity index (χ2v) is 9.69. The lowest BCUT2D eigenvalue weighted by atomic mass is 10.2. The van der Waals surface area contributed by atoms with Crippen LogP contribution in [0.15, 0.2) is 65.3 Å². The first-order valence-corrected chi connectivity index (χ1v) is 12.3. The standard InChI is InChI=1S/C21H23N3O4S2/c1-22-13-14-24(19-6-4-3-5-18(19)22)30(26,27)17-9-7-16(8-10-17)23-12-11-20(21(23)25)28-15-29-2/h3-11H,12-15H2,1-2H3. The van der Waals surface area contributed by atoms with E-state index in [9.17, 15) is 13.2 Å². The molecule has 2 aromatic carbocycles. The summed E-state index contributed by atoms with van der Waals surface area (Å²) < 4.78 is 33.5. The van der Waals surface area contributed by atoms with Crippen molar-refractivity contribution in [3.63, 3.8) is 0 Å². The zero-order chi connectivity index (χ0) is 21.3. The molecular formula is C21H23N3O4S2. The third-order valence-electron chi connectivity index (χ3n) is 5.18. The molecule has 9 heteroatoms. The molecule has 0 aliphatic carbocycles. The maximum absolute atomic E-state index is 13.3. The second kappa shape index (κ2) is 8.23. The number of nitrogens with zero attached hydrogens (tertiary/aromatic N) is 3. The van der Waals surface area contributed by atoms with Crippen molar-refractivity contribution in [2.75, 3.05) is 53.0 Å². The zero-order valence-electron chi connectivity index (χ0n) is 16.8. The molecule has 4 rings (SSSR count). The second-order valence-electron chi connectivity index (χ2n) is 7.02. The maximum Gasteiger partial charge on any atom is 0.293 e. The Morgan fingerprint density at radius 1 is 1.03 bits per heavy atom. The van der Waals surface area contributed by atoms with E-state index in [2.05, 4.69) is 0 Å². The molecule has 0 saturated heterocycles. The van der Waals surface area contributed by atoms with Crippen molar-refractivity contribution >= 4 is 44.8 Å². The summed E-state index contributed by atoms with van der Waals surface area (Å²) in [6.45, 7) is 1.39. The van der Waals surface area contributed by atoms with Crippen LogP contribution in [0, 0.1) is 0 Å². The van der Waals surface area contributed by atoms with Gasteiger partial charge in [-0.3, -0.25) is 9.10 Å². The molecule has 1 amide bonds. The lowest BCUT2D eigenvalue weighted by molar-refractivity contribution is -0.117. The van der Waals surface area contributed by atoms with E-state index < -0.39 is 10.0 Å². The molecule has 0 unspecified atom stereocenters. The first-order chi connectivity index (χ1) is 14.4. The van der Waals surface area contributed by atoms with Crippen molar-refractivity contribution in [1.29, 1.82) is 0 Å². The summed E-state index contributed by atoms with van der Waals surface area (Å²) in [7, 11) is -1.76. The number of carbonyl (C=O) groups excluding carboxylic acids is 1. The minimum atomic E-state index is -3.71. The molecule has 0 fully saturated rings. The van der Waals surface area contributed by atoms with Gasteiger partial charge in [-0.1, -0.05) is 12.1 Å². The third-order valence-corrected chi connectivity index (χ3v) is 7.37. The number of likely N-dealkylation sites (N-methyl/N-ethyl adjacent to an activating group) is 1. The van der Waals surface area contributed by atoms with Gasteiger partial charge in [0, 0.05) is 25.8 Å². The number of amides is 1. The largest absolute Gasteiger partial charge is 0.477 e. The van der Waals surface area contributed by atoms with Crippen molar-refractivity contribution in [3.05, 3.63) is 60.4 Å². The van der Waals surface area contributed by atoms with Crippen LogP contribution in [0.3, 0.4) is 0 Å². The molecular weight excluding hydrogens is 422 g/mol. The molecule has 2 aliphatic rings. The zero-order valence-corrected chi connectivity index (χ0v) is 18.4. The smallest absolute Gasteiger partial charge is 0.293 e. The number of thioether (sulfide) groups is 1. The summed E-state index contributed by atoms with van der Waals surface area (Å²) in [5.74, 6) is 0.525. The van der Waals surface area contributed by atoms with Gasteiger partial charge in [0.05, 0.1) is 22.8 Å². The Bertz CT molecular complexity index is 1080. The number of hydrogen-bond acceptors (Lipinski definition) is 6. The average Bonchev–Trinajstić information content (AvgIpc) is 3.13. The highest BCUT2D eigenvalue weighted by Gasteiger charge is 2.31. The molecule has 0 N–H and O–H groups in total. The predicted octanol–water partition coefficient (Wildman–Crippen LogP) is 2.90. The normalized spacial score (nSPS) is 16.5. The molecule has 2 heterocycles. The van der Waals surface area contributed by atoms with Gasteiger partial charge in [-0.05, 0) is 48.7 Å².